The fourth-order valence-corrected chi connectivity index (χ4v) is 2.07. The van der Waals surface area contributed by atoms with Crippen molar-refractivity contribution in [2.45, 2.75) is 0 Å². The molecule has 0 amide bonds. The predicted octanol–water partition coefficient (Wildman–Crippen LogP) is 3.18. The van der Waals surface area contributed by atoms with Crippen LogP contribution in [0, 0.1) is 15.9 Å². The standard InChI is InChI=1S/C18H14FNO6/c1-25-17-7-6-13(19)10-15(17)16(21)11-26-18(22)8-5-12-3-2-4-14(9-12)20(23)24/h2-10H,11H2,1H3/b8-5+. The van der Waals surface area contributed by atoms with Crippen LogP contribution >= 0.6 is 0 Å². The minimum atomic E-state index is -0.819. The second kappa shape index (κ2) is 8.52. The van der Waals surface area contributed by atoms with Crippen molar-refractivity contribution in [3.8, 4) is 5.75 Å². The van der Waals surface area contributed by atoms with Crippen molar-refractivity contribution >= 4 is 23.5 Å². The van der Waals surface area contributed by atoms with E-state index in [9.17, 15) is 24.1 Å². The molecule has 0 aliphatic carbocycles. The van der Waals surface area contributed by atoms with Crippen LogP contribution in [-0.2, 0) is 9.53 Å². The summed E-state index contributed by atoms with van der Waals surface area (Å²) in [6, 6.07) is 9.08. The van der Waals surface area contributed by atoms with Gasteiger partial charge in [-0.3, -0.25) is 14.9 Å². The van der Waals surface area contributed by atoms with Crippen LogP contribution < -0.4 is 4.74 Å². The third-order valence-electron chi connectivity index (χ3n) is 3.30. The van der Waals surface area contributed by atoms with E-state index in [1.54, 1.807) is 6.07 Å². The maximum atomic E-state index is 13.3. The molecule has 0 N–H and O–H groups in total. The van der Waals surface area contributed by atoms with Gasteiger partial charge in [-0.2, -0.15) is 0 Å². The number of nitrogens with zero attached hydrogens (tertiary/aromatic N) is 1. The molecule has 8 heteroatoms. The zero-order valence-corrected chi connectivity index (χ0v) is 13.7. The average molecular weight is 359 g/mol. The van der Waals surface area contributed by atoms with E-state index in [4.69, 9.17) is 9.47 Å². The van der Waals surface area contributed by atoms with Crippen molar-refractivity contribution in [1.82, 2.24) is 0 Å². The van der Waals surface area contributed by atoms with Gasteiger partial charge in [-0.1, -0.05) is 12.1 Å². The van der Waals surface area contributed by atoms with Crippen LogP contribution in [0.15, 0.2) is 48.5 Å². The molecule has 2 aromatic rings. The molecule has 0 aliphatic rings. The van der Waals surface area contributed by atoms with E-state index < -0.39 is 29.1 Å². The Labute approximate surface area is 147 Å². The van der Waals surface area contributed by atoms with E-state index in [0.29, 0.717) is 5.56 Å². The zero-order valence-electron chi connectivity index (χ0n) is 13.7. The highest BCUT2D eigenvalue weighted by atomic mass is 19.1. The van der Waals surface area contributed by atoms with Crippen molar-refractivity contribution in [2.75, 3.05) is 13.7 Å². The molecule has 0 aromatic heterocycles. The van der Waals surface area contributed by atoms with Gasteiger partial charge in [0.1, 0.15) is 11.6 Å². The molecule has 0 spiro atoms. The molecule has 7 nitrogen and oxygen atoms in total. The lowest BCUT2D eigenvalue weighted by Gasteiger charge is -2.07. The SMILES string of the molecule is COc1ccc(F)cc1C(=O)COC(=O)/C=C/c1cccc([N+](=O)[O-])c1. The molecule has 0 fully saturated rings. The summed E-state index contributed by atoms with van der Waals surface area (Å²) in [5, 5.41) is 10.7. The Kier molecular flexibility index (Phi) is 6.15. The van der Waals surface area contributed by atoms with Gasteiger partial charge in [-0.25, -0.2) is 9.18 Å². The lowest BCUT2D eigenvalue weighted by Crippen LogP contribution is -2.13. The van der Waals surface area contributed by atoms with Gasteiger partial charge >= 0.3 is 5.97 Å². The molecular weight excluding hydrogens is 345 g/mol. The monoisotopic (exact) mass is 359 g/mol. The van der Waals surface area contributed by atoms with Gasteiger partial charge < -0.3 is 9.47 Å². The van der Waals surface area contributed by atoms with Gasteiger partial charge in [0.25, 0.3) is 5.69 Å². The fourth-order valence-electron chi connectivity index (χ4n) is 2.07. The number of nitro groups is 1. The highest BCUT2D eigenvalue weighted by Gasteiger charge is 2.15. The Bertz CT molecular complexity index is 878. The molecule has 0 saturated carbocycles. The van der Waals surface area contributed by atoms with E-state index in [1.807, 2.05) is 0 Å². The number of carbonyl (C=O) groups excluding carboxylic acids is 2. The second-order valence-electron chi connectivity index (χ2n) is 5.06. The first-order valence-electron chi connectivity index (χ1n) is 7.36. The third-order valence-corrected chi connectivity index (χ3v) is 3.30. The van der Waals surface area contributed by atoms with E-state index in [2.05, 4.69) is 0 Å². The second-order valence-corrected chi connectivity index (χ2v) is 5.06. The quantitative estimate of drug-likeness (QED) is 0.248. The van der Waals surface area contributed by atoms with Gasteiger partial charge in [0.05, 0.1) is 17.6 Å². The molecule has 2 aromatic carbocycles. The Morgan fingerprint density at radius 3 is 2.69 bits per heavy atom. The maximum absolute atomic E-state index is 13.3. The number of carbonyl (C=O) groups is 2. The lowest BCUT2D eigenvalue weighted by atomic mass is 10.1. The van der Waals surface area contributed by atoms with Crippen molar-refractivity contribution in [1.29, 1.82) is 0 Å². The molecule has 0 saturated heterocycles. The normalized spacial score (nSPS) is 10.5. The molecular formula is C18H14FNO6. The molecule has 0 unspecified atom stereocenters. The number of benzene rings is 2. The number of hydrogen-bond acceptors (Lipinski definition) is 6. The Balaban J connectivity index is 1.98. The molecule has 0 bridgehead atoms. The van der Waals surface area contributed by atoms with E-state index in [-0.39, 0.29) is 17.0 Å². The number of ketones is 1. The Morgan fingerprint density at radius 2 is 2.00 bits per heavy atom. The van der Waals surface area contributed by atoms with Crippen LogP contribution in [0.1, 0.15) is 15.9 Å². The zero-order chi connectivity index (χ0) is 19.1. The molecule has 26 heavy (non-hydrogen) atoms. The molecule has 0 radical (unpaired) electrons. The van der Waals surface area contributed by atoms with Crippen LogP contribution in [-0.4, -0.2) is 30.4 Å². The minimum absolute atomic E-state index is 0.0389. The number of non-ortho nitro benzene ring substituents is 1. The smallest absolute Gasteiger partial charge is 0.331 e. The van der Waals surface area contributed by atoms with Crippen molar-refractivity contribution in [3.05, 3.63) is 75.6 Å². The number of esters is 1. The van der Waals surface area contributed by atoms with Gasteiger partial charge in [0, 0.05) is 18.2 Å². The number of methoxy groups -OCH3 is 1. The number of Topliss-reactive ketones (excluding diaryl/α,β-unsaturated/α-hetero) is 1. The minimum Gasteiger partial charge on any atom is -0.496 e. The van der Waals surface area contributed by atoms with Crippen molar-refractivity contribution < 1.29 is 28.4 Å². The highest BCUT2D eigenvalue weighted by Crippen LogP contribution is 2.20. The summed E-state index contributed by atoms with van der Waals surface area (Å²) in [5.41, 5.74) is 0.270. The summed E-state index contributed by atoms with van der Waals surface area (Å²) in [6.07, 6.45) is 2.36. The van der Waals surface area contributed by atoms with E-state index >= 15 is 0 Å². The van der Waals surface area contributed by atoms with Crippen molar-refractivity contribution in [2.24, 2.45) is 0 Å². The van der Waals surface area contributed by atoms with Crippen LogP contribution in [0.3, 0.4) is 0 Å². The van der Waals surface area contributed by atoms with Gasteiger partial charge in [0.2, 0.25) is 5.78 Å². The molecule has 0 atom stereocenters. The Hall–Kier alpha value is -3.55. The van der Waals surface area contributed by atoms with Crippen LogP contribution in [0.25, 0.3) is 6.08 Å². The predicted molar refractivity (Wildman–Crippen MR) is 90.4 cm³/mol. The summed E-state index contributed by atoms with van der Waals surface area (Å²) >= 11 is 0. The number of hydrogen-bond donors (Lipinski definition) is 0. The summed E-state index contributed by atoms with van der Waals surface area (Å²) in [4.78, 5) is 33.9. The molecule has 0 aliphatic heterocycles. The first kappa shape index (κ1) is 18.8. The van der Waals surface area contributed by atoms with Gasteiger partial charge in [0.15, 0.2) is 6.61 Å². The lowest BCUT2D eigenvalue weighted by molar-refractivity contribution is -0.384. The average Bonchev–Trinajstić information content (AvgIpc) is 2.64. The molecule has 134 valence electrons. The number of nitro benzene ring substituents is 1. The van der Waals surface area contributed by atoms with E-state index in [1.165, 1.54) is 37.5 Å². The van der Waals surface area contributed by atoms with Gasteiger partial charge in [-0.05, 0) is 29.8 Å². The topological polar surface area (TPSA) is 95.7 Å². The highest BCUT2D eigenvalue weighted by molar-refractivity contribution is 6.01. The summed E-state index contributed by atoms with van der Waals surface area (Å²) in [7, 11) is 1.33. The summed E-state index contributed by atoms with van der Waals surface area (Å²) in [6.45, 7) is -0.599. The first-order chi connectivity index (χ1) is 12.4. The Morgan fingerprint density at radius 1 is 1.23 bits per heavy atom. The molecule has 0 heterocycles. The van der Waals surface area contributed by atoms with Crippen LogP contribution in [0.2, 0.25) is 0 Å². The fraction of sp³-hybridized carbons (Fsp3) is 0.111. The summed E-state index contributed by atoms with van der Waals surface area (Å²) < 4.78 is 23.0. The largest absolute Gasteiger partial charge is 0.496 e. The van der Waals surface area contributed by atoms with Crippen LogP contribution in [0.5, 0.6) is 5.75 Å². The first-order valence-corrected chi connectivity index (χ1v) is 7.36. The van der Waals surface area contributed by atoms with Crippen molar-refractivity contribution in [3.63, 3.8) is 0 Å². The van der Waals surface area contributed by atoms with E-state index in [0.717, 1.165) is 18.2 Å². The number of ether oxygens (including phenoxy) is 2. The molecule has 2 rings (SSSR count). The van der Waals surface area contributed by atoms with Gasteiger partial charge in [-0.15, -0.1) is 0 Å². The summed E-state index contributed by atoms with van der Waals surface area (Å²) in [5.74, 6) is -1.90. The number of rotatable bonds is 7. The van der Waals surface area contributed by atoms with Crippen LogP contribution in [0.4, 0.5) is 10.1 Å². The third kappa shape index (κ3) is 4.97. The maximum Gasteiger partial charge on any atom is 0.331 e. The number of halogens is 1.